The van der Waals surface area contributed by atoms with Crippen molar-refractivity contribution in [3.8, 4) is 5.75 Å². The average Bonchev–Trinajstić information content (AvgIpc) is 3.03. The number of hydrogen-bond acceptors (Lipinski definition) is 4. The molecule has 0 amide bonds. The zero-order valence-corrected chi connectivity index (χ0v) is 18.5. The van der Waals surface area contributed by atoms with E-state index in [9.17, 15) is 0 Å². The second-order valence-corrected chi connectivity index (χ2v) is 7.55. The Morgan fingerprint density at radius 2 is 1.80 bits per heavy atom. The number of anilines is 1. The Balaban J connectivity index is 0.00000256. The van der Waals surface area contributed by atoms with Gasteiger partial charge in [0.05, 0.1) is 12.6 Å². The fraction of sp³-hybridized carbons (Fsp3) is 0.375. The standard InChI is InChI=1S/C24H30N4O.H2O/c1-6-28(7-2)13-12-26-24-21-15-20-19-14-17(29-5)8-9-22(19)27(4)23(20)16(3)18(21)10-11-25-24;/h8-11,14-15H,6-7,12-13H2,1-5H3,(H,25,26);1H2. The lowest BCUT2D eigenvalue weighted by Gasteiger charge is -2.19. The first-order valence-corrected chi connectivity index (χ1v) is 10.4. The molecule has 4 rings (SSSR count). The summed E-state index contributed by atoms with van der Waals surface area (Å²) in [4.78, 5) is 7.08. The van der Waals surface area contributed by atoms with E-state index in [0.29, 0.717) is 0 Å². The number of nitrogens with zero attached hydrogens (tertiary/aromatic N) is 3. The van der Waals surface area contributed by atoms with Gasteiger partial charge in [0, 0.05) is 48.0 Å². The van der Waals surface area contributed by atoms with Gasteiger partial charge in [-0.05, 0) is 61.3 Å². The highest BCUT2D eigenvalue weighted by Gasteiger charge is 2.15. The molecule has 160 valence electrons. The first-order chi connectivity index (χ1) is 14.1. The van der Waals surface area contributed by atoms with Crippen molar-refractivity contribution in [1.82, 2.24) is 14.5 Å². The number of likely N-dealkylation sites (N-methyl/N-ethyl adjacent to an activating group) is 1. The van der Waals surface area contributed by atoms with Crippen LogP contribution >= 0.6 is 0 Å². The minimum atomic E-state index is 0. The molecule has 2 aromatic carbocycles. The topological polar surface area (TPSA) is 73.8 Å². The molecule has 0 aliphatic heterocycles. The number of methoxy groups -OCH3 is 1. The van der Waals surface area contributed by atoms with Crippen molar-refractivity contribution in [3.63, 3.8) is 0 Å². The van der Waals surface area contributed by atoms with Gasteiger partial charge in [0.2, 0.25) is 0 Å². The highest BCUT2D eigenvalue weighted by molar-refractivity contribution is 6.16. The number of hydrogen-bond donors (Lipinski definition) is 1. The summed E-state index contributed by atoms with van der Waals surface area (Å²) in [5.74, 6) is 1.84. The van der Waals surface area contributed by atoms with Gasteiger partial charge in [0.25, 0.3) is 0 Å². The summed E-state index contributed by atoms with van der Waals surface area (Å²) < 4.78 is 7.76. The van der Waals surface area contributed by atoms with Crippen LogP contribution in [0.5, 0.6) is 5.75 Å². The maximum atomic E-state index is 5.48. The second kappa shape index (κ2) is 8.90. The molecule has 0 spiro atoms. The Kier molecular flexibility index (Phi) is 6.48. The number of pyridine rings is 1. The Bertz CT molecular complexity index is 1180. The number of nitrogens with one attached hydrogen (secondary N) is 1. The van der Waals surface area contributed by atoms with Crippen LogP contribution in [-0.2, 0) is 7.05 Å². The molecular formula is C24H32N4O2. The minimum absolute atomic E-state index is 0. The maximum absolute atomic E-state index is 5.48. The molecule has 2 heterocycles. The van der Waals surface area contributed by atoms with Crippen LogP contribution in [0.1, 0.15) is 19.4 Å². The lowest BCUT2D eigenvalue weighted by molar-refractivity contribution is 0.316. The number of ether oxygens (including phenoxy) is 1. The van der Waals surface area contributed by atoms with Crippen LogP contribution in [0.2, 0.25) is 0 Å². The molecule has 0 saturated carbocycles. The maximum Gasteiger partial charge on any atom is 0.133 e. The van der Waals surface area contributed by atoms with Crippen molar-refractivity contribution >= 4 is 38.4 Å². The molecule has 3 N–H and O–H groups in total. The predicted octanol–water partition coefficient (Wildman–Crippen LogP) is 4.13. The number of aromatic nitrogens is 2. The summed E-state index contributed by atoms with van der Waals surface area (Å²) >= 11 is 0. The molecule has 6 nitrogen and oxygen atoms in total. The van der Waals surface area contributed by atoms with Crippen molar-refractivity contribution in [1.29, 1.82) is 0 Å². The highest BCUT2D eigenvalue weighted by atomic mass is 16.5. The van der Waals surface area contributed by atoms with Crippen LogP contribution in [0.3, 0.4) is 0 Å². The Labute approximate surface area is 177 Å². The van der Waals surface area contributed by atoms with Crippen LogP contribution in [0.4, 0.5) is 5.82 Å². The molecule has 6 heteroatoms. The largest absolute Gasteiger partial charge is 0.497 e. The second-order valence-electron chi connectivity index (χ2n) is 7.55. The molecular weight excluding hydrogens is 376 g/mol. The van der Waals surface area contributed by atoms with E-state index >= 15 is 0 Å². The van der Waals surface area contributed by atoms with Crippen LogP contribution in [0.25, 0.3) is 32.6 Å². The lowest BCUT2D eigenvalue weighted by Crippen LogP contribution is -2.28. The third-order valence-electron chi connectivity index (χ3n) is 6.10. The van der Waals surface area contributed by atoms with Gasteiger partial charge in [0.15, 0.2) is 0 Å². The summed E-state index contributed by atoms with van der Waals surface area (Å²) in [7, 11) is 3.86. The summed E-state index contributed by atoms with van der Waals surface area (Å²) in [6.07, 6.45) is 1.91. The molecule has 0 aliphatic rings. The van der Waals surface area contributed by atoms with Crippen LogP contribution in [0.15, 0.2) is 36.5 Å². The highest BCUT2D eigenvalue weighted by Crippen LogP contribution is 2.37. The third-order valence-corrected chi connectivity index (χ3v) is 6.10. The molecule has 0 atom stereocenters. The van der Waals surface area contributed by atoms with Gasteiger partial charge in [-0.3, -0.25) is 0 Å². The first kappa shape index (κ1) is 21.9. The van der Waals surface area contributed by atoms with Gasteiger partial charge in [-0.25, -0.2) is 4.98 Å². The van der Waals surface area contributed by atoms with Crippen molar-refractivity contribution in [2.45, 2.75) is 20.8 Å². The summed E-state index contributed by atoms with van der Waals surface area (Å²) in [5.41, 5.74) is 3.76. The van der Waals surface area contributed by atoms with E-state index in [1.807, 2.05) is 12.3 Å². The van der Waals surface area contributed by atoms with Crippen LogP contribution in [-0.4, -0.2) is 53.2 Å². The molecule has 0 aliphatic carbocycles. The first-order valence-electron chi connectivity index (χ1n) is 10.4. The van der Waals surface area contributed by atoms with E-state index in [1.54, 1.807) is 7.11 Å². The van der Waals surface area contributed by atoms with Gasteiger partial charge >= 0.3 is 0 Å². The molecule has 0 radical (unpaired) electrons. The monoisotopic (exact) mass is 408 g/mol. The van der Waals surface area contributed by atoms with Gasteiger partial charge in [-0.15, -0.1) is 0 Å². The van der Waals surface area contributed by atoms with Crippen LogP contribution in [0, 0.1) is 6.92 Å². The van der Waals surface area contributed by atoms with Crippen LogP contribution < -0.4 is 10.1 Å². The zero-order valence-electron chi connectivity index (χ0n) is 18.5. The number of fused-ring (bicyclic) bond motifs is 4. The predicted molar refractivity (Wildman–Crippen MR) is 127 cm³/mol. The minimum Gasteiger partial charge on any atom is -0.497 e. The van der Waals surface area contributed by atoms with E-state index in [4.69, 9.17) is 4.74 Å². The molecule has 0 fully saturated rings. The van der Waals surface area contributed by atoms with E-state index in [2.05, 4.69) is 71.9 Å². The zero-order chi connectivity index (χ0) is 20.5. The van der Waals surface area contributed by atoms with Gasteiger partial charge < -0.3 is 25.0 Å². The molecule has 0 bridgehead atoms. The molecule has 0 saturated heterocycles. The third kappa shape index (κ3) is 3.57. The molecule has 0 unspecified atom stereocenters. The Hall–Kier alpha value is -2.83. The quantitative estimate of drug-likeness (QED) is 0.499. The number of rotatable bonds is 7. The number of aryl methyl sites for hydroxylation is 2. The van der Waals surface area contributed by atoms with Gasteiger partial charge in [-0.1, -0.05) is 13.8 Å². The Morgan fingerprint density at radius 3 is 2.50 bits per heavy atom. The van der Waals surface area contributed by atoms with Gasteiger partial charge in [-0.2, -0.15) is 0 Å². The summed E-state index contributed by atoms with van der Waals surface area (Å²) in [6, 6.07) is 10.7. The fourth-order valence-corrected chi connectivity index (χ4v) is 4.41. The Morgan fingerprint density at radius 1 is 1.03 bits per heavy atom. The van der Waals surface area contributed by atoms with Crippen molar-refractivity contribution < 1.29 is 10.2 Å². The summed E-state index contributed by atoms with van der Waals surface area (Å²) in [5, 5.41) is 8.45. The van der Waals surface area contributed by atoms with E-state index in [1.165, 1.54) is 38.1 Å². The SMILES string of the molecule is CCN(CC)CCNc1nccc2c(C)c3c(cc12)c1cc(OC)ccc1n3C.O. The summed E-state index contributed by atoms with van der Waals surface area (Å²) in [6.45, 7) is 10.6. The van der Waals surface area contributed by atoms with Crippen molar-refractivity contribution in [2.24, 2.45) is 7.05 Å². The van der Waals surface area contributed by atoms with E-state index in [0.717, 1.165) is 37.7 Å². The average molecular weight is 409 g/mol. The molecule has 4 aromatic rings. The molecule has 30 heavy (non-hydrogen) atoms. The lowest BCUT2D eigenvalue weighted by atomic mass is 10.0. The smallest absolute Gasteiger partial charge is 0.133 e. The normalized spacial score (nSPS) is 11.4. The van der Waals surface area contributed by atoms with E-state index < -0.39 is 0 Å². The van der Waals surface area contributed by atoms with Crippen molar-refractivity contribution in [2.75, 3.05) is 38.6 Å². The van der Waals surface area contributed by atoms with E-state index in [-0.39, 0.29) is 5.48 Å². The van der Waals surface area contributed by atoms with Crippen molar-refractivity contribution in [3.05, 3.63) is 42.1 Å². The number of benzene rings is 2. The van der Waals surface area contributed by atoms with Gasteiger partial charge in [0.1, 0.15) is 11.6 Å². The molecule has 2 aromatic heterocycles. The fourth-order valence-electron chi connectivity index (χ4n) is 4.41.